The summed E-state index contributed by atoms with van der Waals surface area (Å²) in [5.74, 6) is -0.396. The standard InChI is InChI=1S/C21H20ClN3O4/c22-18-4-2-1-3-17(18)20(27)23-16-6-5-14-7-8-24(12-15(14)11-16)19(26)13-25-9-10-29-21(25)28/h1-6,11H,7-10,12-13H2,(H,23,27). The van der Waals surface area contributed by atoms with Gasteiger partial charge in [0.1, 0.15) is 13.2 Å². The van der Waals surface area contributed by atoms with Crippen molar-refractivity contribution >= 4 is 35.2 Å². The number of benzene rings is 2. The average molecular weight is 414 g/mol. The molecule has 2 aliphatic rings. The van der Waals surface area contributed by atoms with Gasteiger partial charge in [-0.3, -0.25) is 14.5 Å². The Hall–Kier alpha value is -3.06. The maximum atomic E-state index is 12.6. The molecule has 2 aromatic carbocycles. The number of ether oxygens (including phenoxy) is 1. The highest BCUT2D eigenvalue weighted by Crippen LogP contribution is 2.24. The van der Waals surface area contributed by atoms with Gasteiger partial charge in [-0.15, -0.1) is 0 Å². The Kier molecular flexibility index (Phi) is 5.40. The number of anilines is 1. The summed E-state index contributed by atoms with van der Waals surface area (Å²) in [7, 11) is 0. The first-order valence-electron chi connectivity index (χ1n) is 9.38. The molecule has 2 aromatic rings. The summed E-state index contributed by atoms with van der Waals surface area (Å²) in [5.41, 5.74) is 3.17. The lowest BCUT2D eigenvalue weighted by Crippen LogP contribution is -2.43. The average Bonchev–Trinajstić information content (AvgIpc) is 3.12. The number of nitrogens with one attached hydrogen (secondary N) is 1. The third kappa shape index (κ3) is 4.19. The van der Waals surface area contributed by atoms with Gasteiger partial charge in [0.25, 0.3) is 5.91 Å². The van der Waals surface area contributed by atoms with Crippen LogP contribution >= 0.6 is 11.6 Å². The molecule has 8 heteroatoms. The van der Waals surface area contributed by atoms with Crippen molar-refractivity contribution in [2.75, 3.05) is 31.6 Å². The van der Waals surface area contributed by atoms with Gasteiger partial charge in [-0.05, 0) is 41.8 Å². The Morgan fingerprint density at radius 3 is 2.69 bits per heavy atom. The molecule has 4 rings (SSSR count). The highest BCUT2D eigenvalue weighted by atomic mass is 35.5. The molecule has 7 nitrogen and oxygen atoms in total. The summed E-state index contributed by atoms with van der Waals surface area (Å²) in [5, 5.41) is 3.25. The van der Waals surface area contributed by atoms with E-state index in [1.54, 1.807) is 29.2 Å². The Morgan fingerprint density at radius 2 is 1.93 bits per heavy atom. The van der Waals surface area contributed by atoms with Gasteiger partial charge in [0.2, 0.25) is 5.91 Å². The minimum atomic E-state index is -0.444. The third-order valence-corrected chi connectivity index (χ3v) is 5.45. The van der Waals surface area contributed by atoms with E-state index in [2.05, 4.69) is 5.32 Å². The molecule has 0 aliphatic carbocycles. The van der Waals surface area contributed by atoms with E-state index in [0.29, 0.717) is 42.5 Å². The number of nitrogens with zero attached hydrogens (tertiary/aromatic N) is 2. The van der Waals surface area contributed by atoms with Crippen molar-refractivity contribution in [1.82, 2.24) is 9.80 Å². The van der Waals surface area contributed by atoms with Crippen LogP contribution in [0.4, 0.5) is 10.5 Å². The lowest BCUT2D eigenvalue weighted by atomic mass is 9.99. The van der Waals surface area contributed by atoms with E-state index in [4.69, 9.17) is 16.3 Å². The van der Waals surface area contributed by atoms with E-state index in [9.17, 15) is 14.4 Å². The molecule has 1 fully saturated rings. The number of amides is 3. The van der Waals surface area contributed by atoms with Gasteiger partial charge in [0, 0.05) is 18.8 Å². The molecule has 150 valence electrons. The predicted molar refractivity (Wildman–Crippen MR) is 108 cm³/mol. The summed E-state index contributed by atoms with van der Waals surface area (Å²) in [6.45, 7) is 1.82. The summed E-state index contributed by atoms with van der Waals surface area (Å²) in [6, 6.07) is 12.6. The minimum absolute atomic E-state index is 0.0249. The van der Waals surface area contributed by atoms with Crippen molar-refractivity contribution in [2.24, 2.45) is 0 Å². The van der Waals surface area contributed by atoms with Gasteiger partial charge in [-0.25, -0.2) is 4.79 Å². The molecule has 1 saturated heterocycles. The Labute approximate surface area is 173 Å². The first-order valence-corrected chi connectivity index (χ1v) is 9.76. The first-order chi connectivity index (χ1) is 14.0. The minimum Gasteiger partial charge on any atom is -0.448 e. The number of hydrogen-bond donors (Lipinski definition) is 1. The lowest BCUT2D eigenvalue weighted by Gasteiger charge is -2.30. The largest absolute Gasteiger partial charge is 0.448 e. The molecule has 2 aliphatic heterocycles. The van der Waals surface area contributed by atoms with Crippen LogP contribution in [0.5, 0.6) is 0 Å². The van der Waals surface area contributed by atoms with E-state index in [1.807, 2.05) is 18.2 Å². The molecule has 0 spiro atoms. The second-order valence-electron chi connectivity index (χ2n) is 7.02. The third-order valence-electron chi connectivity index (χ3n) is 5.12. The monoisotopic (exact) mass is 413 g/mol. The van der Waals surface area contributed by atoms with Crippen molar-refractivity contribution in [3.8, 4) is 0 Å². The number of carbonyl (C=O) groups excluding carboxylic acids is 3. The summed E-state index contributed by atoms with van der Waals surface area (Å²) in [4.78, 5) is 39.8. The fourth-order valence-electron chi connectivity index (χ4n) is 3.52. The van der Waals surface area contributed by atoms with Crippen molar-refractivity contribution in [2.45, 2.75) is 13.0 Å². The molecule has 3 amide bonds. The smallest absolute Gasteiger partial charge is 0.410 e. The van der Waals surface area contributed by atoms with Crippen LogP contribution in [0.15, 0.2) is 42.5 Å². The fourth-order valence-corrected chi connectivity index (χ4v) is 3.75. The highest BCUT2D eigenvalue weighted by molar-refractivity contribution is 6.34. The molecule has 2 heterocycles. The van der Waals surface area contributed by atoms with E-state index in [1.165, 1.54) is 4.90 Å². The molecule has 0 unspecified atom stereocenters. The second kappa shape index (κ2) is 8.13. The van der Waals surface area contributed by atoms with Crippen LogP contribution in [-0.4, -0.2) is 53.9 Å². The van der Waals surface area contributed by atoms with Crippen molar-refractivity contribution < 1.29 is 19.1 Å². The van der Waals surface area contributed by atoms with Crippen molar-refractivity contribution in [1.29, 1.82) is 0 Å². The first kappa shape index (κ1) is 19.3. The Balaban J connectivity index is 1.44. The molecular formula is C21H20ClN3O4. The summed E-state index contributed by atoms with van der Waals surface area (Å²) < 4.78 is 4.87. The van der Waals surface area contributed by atoms with Crippen molar-refractivity contribution in [3.05, 3.63) is 64.2 Å². The number of fused-ring (bicyclic) bond motifs is 1. The van der Waals surface area contributed by atoms with E-state index >= 15 is 0 Å². The quantitative estimate of drug-likeness (QED) is 0.835. The van der Waals surface area contributed by atoms with Gasteiger partial charge in [0.05, 0.1) is 17.1 Å². The van der Waals surface area contributed by atoms with Crippen LogP contribution < -0.4 is 5.32 Å². The van der Waals surface area contributed by atoms with Gasteiger partial charge in [0.15, 0.2) is 0 Å². The molecule has 29 heavy (non-hydrogen) atoms. The van der Waals surface area contributed by atoms with E-state index in [-0.39, 0.29) is 18.4 Å². The van der Waals surface area contributed by atoms with Gasteiger partial charge >= 0.3 is 6.09 Å². The van der Waals surface area contributed by atoms with Gasteiger partial charge in [-0.1, -0.05) is 29.8 Å². The molecule has 1 N–H and O–H groups in total. The molecule has 0 aromatic heterocycles. The number of rotatable bonds is 4. The van der Waals surface area contributed by atoms with Crippen LogP contribution in [0.25, 0.3) is 0 Å². The molecule has 0 saturated carbocycles. The molecule has 0 bridgehead atoms. The number of carbonyl (C=O) groups is 3. The predicted octanol–water partition coefficient (Wildman–Crippen LogP) is 2.93. The number of hydrogen-bond acceptors (Lipinski definition) is 4. The van der Waals surface area contributed by atoms with Crippen LogP contribution in [0, 0.1) is 0 Å². The number of cyclic esters (lactones) is 1. The molecule has 0 radical (unpaired) electrons. The van der Waals surface area contributed by atoms with E-state index < -0.39 is 6.09 Å². The van der Waals surface area contributed by atoms with Crippen LogP contribution in [0.3, 0.4) is 0 Å². The van der Waals surface area contributed by atoms with Crippen LogP contribution in [0.1, 0.15) is 21.5 Å². The Morgan fingerprint density at radius 1 is 1.10 bits per heavy atom. The summed E-state index contributed by atoms with van der Waals surface area (Å²) in [6.07, 6.45) is 0.282. The SMILES string of the molecule is O=C(Nc1ccc2c(c1)CN(C(=O)CN1CCOC1=O)CC2)c1ccccc1Cl. The maximum Gasteiger partial charge on any atom is 0.410 e. The zero-order valence-corrected chi connectivity index (χ0v) is 16.4. The fraction of sp³-hybridized carbons (Fsp3) is 0.286. The normalized spacial score (nSPS) is 15.7. The van der Waals surface area contributed by atoms with Crippen LogP contribution in [-0.2, 0) is 22.5 Å². The lowest BCUT2D eigenvalue weighted by molar-refractivity contribution is -0.132. The summed E-state index contributed by atoms with van der Waals surface area (Å²) >= 11 is 6.09. The van der Waals surface area contributed by atoms with Crippen LogP contribution in [0.2, 0.25) is 5.02 Å². The van der Waals surface area contributed by atoms with E-state index in [0.717, 1.165) is 17.5 Å². The highest BCUT2D eigenvalue weighted by Gasteiger charge is 2.28. The van der Waals surface area contributed by atoms with Gasteiger partial charge in [-0.2, -0.15) is 0 Å². The van der Waals surface area contributed by atoms with Gasteiger partial charge < -0.3 is 15.0 Å². The molecular weight excluding hydrogens is 394 g/mol. The molecule has 0 atom stereocenters. The topological polar surface area (TPSA) is 79.0 Å². The van der Waals surface area contributed by atoms with Crippen molar-refractivity contribution in [3.63, 3.8) is 0 Å². The maximum absolute atomic E-state index is 12.6. The second-order valence-corrected chi connectivity index (χ2v) is 7.43. The Bertz CT molecular complexity index is 978. The number of halogens is 1. The zero-order valence-electron chi connectivity index (χ0n) is 15.7. The zero-order chi connectivity index (χ0) is 20.4.